The average Bonchev–Trinajstić information content (AvgIpc) is 3.21. The molecule has 32 heavy (non-hydrogen) atoms. The van der Waals surface area contributed by atoms with Gasteiger partial charge in [-0.25, -0.2) is 9.78 Å². The first-order valence-corrected chi connectivity index (χ1v) is 10.7. The zero-order valence-corrected chi connectivity index (χ0v) is 18.4. The quantitative estimate of drug-likeness (QED) is 0.169. The van der Waals surface area contributed by atoms with E-state index in [0.29, 0.717) is 17.1 Å². The third-order valence-electron chi connectivity index (χ3n) is 4.64. The number of nitrogens with one attached hydrogen (secondary N) is 1. The number of carbonyl (C=O) groups excluding carboxylic acids is 1. The third-order valence-corrected chi connectivity index (χ3v) is 5.51. The first-order chi connectivity index (χ1) is 15.6. The van der Waals surface area contributed by atoms with Crippen LogP contribution in [0.15, 0.2) is 84.0 Å². The molecule has 0 spiro atoms. The Bertz CT molecular complexity index is 1240. The molecule has 7 heteroatoms. The summed E-state index contributed by atoms with van der Waals surface area (Å²) in [6.07, 6.45) is 1.69. The Kier molecular flexibility index (Phi) is 6.57. The molecule has 3 aromatic carbocycles. The second-order valence-electron chi connectivity index (χ2n) is 6.82. The van der Waals surface area contributed by atoms with Gasteiger partial charge in [0.1, 0.15) is 17.1 Å². The number of rotatable bonds is 7. The van der Waals surface area contributed by atoms with E-state index in [2.05, 4.69) is 15.5 Å². The summed E-state index contributed by atoms with van der Waals surface area (Å²) in [6.45, 7) is 2.04. The van der Waals surface area contributed by atoms with Crippen molar-refractivity contribution < 1.29 is 14.3 Å². The molecule has 0 amide bonds. The Morgan fingerprint density at radius 2 is 1.72 bits per heavy atom. The van der Waals surface area contributed by atoms with Gasteiger partial charge in [0.25, 0.3) is 0 Å². The van der Waals surface area contributed by atoms with Gasteiger partial charge < -0.3 is 9.47 Å². The van der Waals surface area contributed by atoms with Crippen LogP contribution in [0.25, 0.3) is 11.3 Å². The first kappa shape index (κ1) is 21.3. The minimum absolute atomic E-state index is 0.374. The second kappa shape index (κ2) is 9.89. The Balaban J connectivity index is 1.37. The molecule has 0 bridgehead atoms. The predicted molar refractivity (Wildman–Crippen MR) is 128 cm³/mol. The molecule has 0 fully saturated rings. The Labute approximate surface area is 190 Å². The van der Waals surface area contributed by atoms with Gasteiger partial charge in [-0.2, -0.15) is 5.10 Å². The van der Waals surface area contributed by atoms with E-state index < -0.39 is 5.97 Å². The standard InChI is InChI=1S/C25H21N3O3S/c1-17-23(19-8-4-3-5-9-19)27-25(32-17)28-26-16-18-12-14-20(15-13-18)31-24(29)21-10-6-7-11-22(21)30-2/h3-16H,1-2H3,(H,27,28)/b26-16-. The van der Waals surface area contributed by atoms with Crippen LogP contribution in [0.3, 0.4) is 0 Å². The fourth-order valence-corrected chi connectivity index (χ4v) is 3.85. The number of ether oxygens (including phenoxy) is 2. The predicted octanol–water partition coefficient (Wildman–Crippen LogP) is 5.79. The number of anilines is 1. The molecule has 1 heterocycles. The number of carbonyl (C=O) groups is 1. The smallest absolute Gasteiger partial charge is 0.347 e. The monoisotopic (exact) mass is 443 g/mol. The van der Waals surface area contributed by atoms with Crippen LogP contribution in [0.4, 0.5) is 5.13 Å². The van der Waals surface area contributed by atoms with Gasteiger partial charge >= 0.3 is 5.97 Å². The van der Waals surface area contributed by atoms with Crippen molar-refractivity contribution in [1.82, 2.24) is 4.98 Å². The molecule has 160 valence electrons. The maximum atomic E-state index is 12.4. The number of nitrogens with zero attached hydrogens (tertiary/aromatic N) is 2. The summed E-state index contributed by atoms with van der Waals surface area (Å²) in [5.41, 5.74) is 6.24. The molecule has 1 aromatic heterocycles. The number of hydrogen-bond acceptors (Lipinski definition) is 7. The van der Waals surface area contributed by atoms with Crippen LogP contribution in [0.5, 0.6) is 11.5 Å². The summed E-state index contributed by atoms with van der Waals surface area (Å²) in [6, 6.07) is 24.1. The lowest BCUT2D eigenvalue weighted by molar-refractivity contribution is 0.0731. The zero-order valence-electron chi connectivity index (χ0n) is 17.6. The molecule has 6 nitrogen and oxygen atoms in total. The van der Waals surface area contributed by atoms with E-state index in [1.807, 2.05) is 49.4 Å². The molecule has 0 aliphatic carbocycles. The number of hydrogen-bond donors (Lipinski definition) is 1. The van der Waals surface area contributed by atoms with Crippen LogP contribution in [0.1, 0.15) is 20.8 Å². The highest BCUT2D eigenvalue weighted by Gasteiger charge is 2.14. The molecular formula is C25H21N3O3S. The van der Waals surface area contributed by atoms with Gasteiger partial charge in [0.2, 0.25) is 5.13 Å². The van der Waals surface area contributed by atoms with Crippen LogP contribution in [-0.2, 0) is 0 Å². The minimum Gasteiger partial charge on any atom is -0.496 e. The molecule has 0 radical (unpaired) electrons. The number of para-hydroxylation sites is 1. The van der Waals surface area contributed by atoms with Crippen LogP contribution >= 0.6 is 11.3 Å². The Morgan fingerprint density at radius 1 is 1.00 bits per heavy atom. The number of aromatic nitrogens is 1. The van der Waals surface area contributed by atoms with Gasteiger partial charge in [-0.15, -0.1) is 11.3 Å². The number of benzene rings is 3. The molecule has 0 saturated carbocycles. The molecule has 0 atom stereocenters. The van der Waals surface area contributed by atoms with E-state index >= 15 is 0 Å². The average molecular weight is 444 g/mol. The molecule has 0 aliphatic heterocycles. The number of esters is 1. The maximum Gasteiger partial charge on any atom is 0.347 e. The summed E-state index contributed by atoms with van der Waals surface area (Å²) in [5.74, 6) is 0.438. The van der Waals surface area contributed by atoms with Crippen molar-refractivity contribution >= 4 is 28.7 Å². The van der Waals surface area contributed by atoms with Crippen LogP contribution in [-0.4, -0.2) is 24.3 Å². The molecule has 4 aromatic rings. The van der Waals surface area contributed by atoms with Gasteiger partial charge in [0.15, 0.2) is 0 Å². The lowest BCUT2D eigenvalue weighted by atomic mass is 10.1. The highest BCUT2D eigenvalue weighted by atomic mass is 32.1. The number of aryl methyl sites for hydroxylation is 1. The normalized spacial score (nSPS) is 10.8. The minimum atomic E-state index is -0.473. The fraction of sp³-hybridized carbons (Fsp3) is 0.0800. The van der Waals surface area contributed by atoms with Gasteiger partial charge in [-0.3, -0.25) is 5.43 Å². The topological polar surface area (TPSA) is 72.8 Å². The van der Waals surface area contributed by atoms with Gasteiger partial charge in [0.05, 0.1) is 19.0 Å². The first-order valence-electron chi connectivity index (χ1n) is 9.91. The summed E-state index contributed by atoms with van der Waals surface area (Å²) in [7, 11) is 1.52. The van der Waals surface area contributed by atoms with Crippen LogP contribution in [0.2, 0.25) is 0 Å². The van der Waals surface area contributed by atoms with Gasteiger partial charge in [0, 0.05) is 10.4 Å². The van der Waals surface area contributed by atoms with Crippen molar-refractivity contribution in [3.05, 3.63) is 94.9 Å². The third kappa shape index (κ3) is 5.01. The van der Waals surface area contributed by atoms with E-state index in [9.17, 15) is 4.79 Å². The van der Waals surface area contributed by atoms with Crippen molar-refractivity contribution in [3.8, 4) is 22.8 Å². The second-order valence-corrected chi connectivity index (χ2v) is 8.02. The summed E-state index contributed by atoms with van der Waals surface area (Å²) in [4.78, 5) is 18.1. The van der Waals surface area contributed by atoms with Crippen molar-refractivity contribution in [2.75, 3.05) is 12.5 Å². The van der Waals surface area contributed by atoms with Crippen molar-refractivity contribution in [2.45, 2.75) is 6.92 Å². The molecule has 4 rings (SSSR count). The van der Waals surface area contributed by atoms with Gasteiger partial charge in [-0.1, -0.05) is 42.5 Å². The van der Waals surface area contributed by atoms with E-state index in [4.69, 9.17) is 9.47 Å². The maximum absolute atomic E-state index is 12.4. The van der Waals surface area contributed by atoms with Crippen molar-refractivity contribution in [3.63, 3.8) is 0 Å². The van der Waals surface area contributed by atoms with E-state index in [0.717, 1.165) is 26.8 Å². The SMILES string of the molecule is COc1ccccc1C(=O)Oc1ccc(/C=N\Nc2nc(-c3ccccc3)c(C)s2)cc1. The van der Waals surface area contributed by atoms with Crippen molar-refractivity contribution in [2.24, 2.45) is 5.10 Å². The highest BCUT2D eigenvalue weighted by molar-refractivity contribution is 7.15. The number of thiazole rings is 1. The van der Waals surface area contributed by atoms with E-state index in [1.54, 1.807) is 53.9 Å². The van der Waals surface area contributed by atoms with Crippen molar-refractivity contribution in [1.29, 1.82) is 0 Å². The molecule has 0 aliphatic rings. The lowest BCUT2D eigenvalue weighted by Gasteiger charge is -2.08. The molecule has 1 N–H and O–H groups in total. The van der Waals surface area contributed by atoms with E-state index in [-0.39, 0.29) is 0 Å². The number of hydrazone groups is 1. The zero-order chi connectivity index (χ0) is 22.3. The summed E-state index contributed by atoms with van der Waals surface area (Å²) in [5, 5.41) is 4.99. The fourth-order valence-electron chi connectivity index (χ4n) is 3.07. The largest absolute Gasteiger partial charge is 0.496 e. The summed E-state index contributed by atoms with van der Waals surface area (Å²) >= 11 is 1.55. The van der Waals surface area contributed by atoms with E-state index in [1.165, 1.54) is 7.11 Å². The summed E-state index contributed by atoms with van der Waals surface area (Å²) < 4.78 is 10.7. The molecular weight excluding hydrogens is 422 g/mol. The van der Waals surface area contributed by atoms with Gasteiger partial charge in [-0.05, 0) is 48.9 Å². The Hall–Kier alpha value is -3.97. The molecule has 0 unspecified atom stereocenters. The number of methoxy groups -OCH3 is 1. The lowest BCUT2D eigenvalue weighted by Crippen LogP contribution is -2.10. The Morgan fingerprint density at radius 3 is 2.47 bits per heavy atom. The van der Waals surface area contributed by atoms with Crippen LogP contribution in [0, 0.1) is 6.92 Å². The highest BCUT2D eigenvalue weighted by Crippen LogP contribution is 2.30. The van der Waals surface area contributed by atoms with Crippen LogP contribution < -0.4 is 14.9 Å². The molecule has 0 saturated heterocycles.